The van der Waals surface area contributed by atoms with Gasteiger partial charge in [-0.2, -0.15) is 5.10 Å². The number of carbonyl (C=O) groups is 1. The molecule has 5 rings (SSSR count). The monoisotopic (exact) mass is 392 g/mol. The van der Waals surface area contributed by atoms with Gasteiger partial charge in [0, 0.05) is 18.6 Å². The molecule has 2 aliphatic carbocycles. The van der Waals surface area contributed by atoms with Gasteiger partial charge in [-0.15, -0.1) is 0 Å². The van der Waals surface area contributed by atoms with E-state index >= 15 is 0 Å². The Bertz CT molecular complexity index is 1010. The van der Waals surface area contributed by atoms with Gasteiger partial charge in [0.05, 0.1) is 23.8 Å². The molecule has 3 aromatic rings. The molecule has 29 heavy (non-hydrogen) atoms. The molecule has 2 aromatic heterocycles. The van der Waals surface area contributed by atoms with Crippen LogP contribution in [0.2, 0.25) is 0 Å². The number of aliphatic carboxylic acids is 1. The minimum Gasteiger partial charge on any atom is -0.480 e. The lowest BCUT2D eigenvalue weighted by atomic mass is 9.85. The summed E-state index contributed by atoms with van der Waals surface area (Å²) in [5, 5.41) is 18.1. The van der Waals surface area contributed by atoms with Gasteiger partial charge >= 0.3 is 5.97 Å². The van der Waals surface area contributed by atoms with Gasteiger partial charge in [-0.05, 0) is 43.7 Å². The van der Waals surface area contributed by atoms with E-state index in [9.17, 15) is 9.90 Å². The van der Waals surface area contributed by atoms with E-state index in [2.05, 4.69) is 25.3 Å². The van der Waals surface area contributed by atoms with Gasteiger partial charge in [0.15, 0.2) is 5.65 Å². The topological polar surface area (TPSA) is 96.2 Å². The molecule has 2 aliphatic rings. The third-order valence-electron chi connectivity index (χ3n) is 5.86. The molecule has 2 heterocycles. The molecule has 0 bridgehead atoms. The molecule has 0 atom stereocenters. The van der Waals surface area contributed by atoms with Crippen LogP contribution in [0.5, 0.6) is 0 Å². The summed E-state index contributed by atoms with van der Waals surface area (Å²) >= 11 is 0. The summed E-state index contributed by atoms with van der Waals surface area (Å²) in [7, 11) is 0. The molecular weight excluding hydrogens is 368 g/mol. The Kier molecular flexibility index (Phi) is 4.63. The summed E-state index contributed by atoms with van der Waals surface area (Å²) in [6.07, 6.45) is 7.68. The van der Waals surface area contributed by atoms with E-state index in [0.29, 0.717) is 12.0 Å². The summed E-state index contributed by atoms with van der Waals surface area (Å²) in [6, 6.07) is 10.5. The Morgan fingerprint density at radius 3 is 2.72 bits per heavy atom. The van der Waals surface area contributed by atoms with Crippen molar-refractivity contribution in [2.24, 2.45) is 5.92 Å². The molecule has 2 fully saturated rings. The molecule has 0 spiro atoms. The van der Waals surface area contributed by atoms with Crippen LogP contribution in [0.25, 0.3) is 16.7 Å². The molecule has 2 saturated carbocycles. The van der Waals surface area contributed by atoms with Gasteiger partial charge in [-0.1, -0.05) is 18.2 Å². The van der Waals surface area contributed by atoms with E-state index in [1.54, 1.807) is 12.5 Å². The highest BCUT2D eigenvalue weighted by atomic mass is 16.4. The molecule has 8 nitrogen and oxygen atoms in total. The summed E-state index contributed by atoms with van der Waals surface area (Å²) in [4.78, 5) is 22.2. The van der Waals surface area contributed by atoms with Crippen molar-refractivity contribution < 1.29 is 9.90 Å². The van der Waals surface area contributed by atoms with Crippen LogP contribution in [0.1, 0.15) is 25.7 Å². The highest BCUT2D eigenvalue weighted by Crippen LogP contribution is 2.35. The van der Waals surface area contributed by atoms with Gasteiger partial charge in [0.25, 0.3) is 0 Å². The maximum atomic E-state index is 11.2. The molecule has 0 radical (unpaired) electrons. The quantitative estimate of drug-likeness (QED) is 0.608. The van der Waals surface area contributed by atoms with Crippen LogP contribution in [0.3, 0.4) is 0 Å². The molecule has 0 unspecified atom stereocenters. The number of para-hydroxylation sites is 1. The average Bonchev–Trinajstić information content (AvgIpc) is 3.39. The fourth-order valence-electron chi connectivity index (χ4n) is 4.06. The van der Waals surface area contributed by atoms with Crippen molar-refractivity contribution in [2.75, 3.05) is 18.4 Å². The second kappa shape index (κ2) is 7.44. The highest BCUT2D eigenvalue weighted by molar-refractivity contribution is 5.87. The third-order valence-corrected chi connectivity index (χ3v) is 5.86. The van der Waals surface area contributed by atoms with Crippen molar-refractivity contribution in [1.29, 1.82) is 0 Å². The minimum atomic E-state index is -0.743. The van der Waals surface area contributed by atoms with Gasteiger partial charge in [0.2, 0.25) is 0 Å². The van der Waals surface area contributed by atoms with Gasteiger partial charge < -0.3 is 10.4 Å². The molecule has 0 amide bonds. The largest absolute Gasteiger partial charge is 0.480 e. The van der Waals surface area contributed by atoms with E-state index in [-0.39, 0.29) is 12.6 Å². The summed E-state index contributed by atoms with van der Waals surface area (Å²) in [6.45, 7) is 1.04. The smallest absolute Gasteiger partial charge is 0.317 e. The second-order valence-corrected chi connectivity index (χ2v) is 8.08. The number of benzene rings is 1. The highest BCUT2D eigenvalue weighted by Gasteiger charge is 2.37. The first kappa shape index (κ1) is 18.1. The van der Waals surface area contributed by atoms with Crippen LogP contribution >= 0.6 is 0 Å². The molecule has 0 aliphatic heterocycles. The number of nitrogens with one attached hydrogen (secondary N) is 1. The Hall–Kier alpha value is -3.00. The number of hydrogen-bond donors (Lipinski definition) is 2. The molecule has 0 saturated heterocycles. The number of fused-ring (bicyclic) bond motifs is 1. The van der Waals surface area contributed by atoms with Gasteiger partial charge in [-0.3, -0.25) is 9.69 Å². The van der Waals surface area contributed by atoms with Crippen LogP contribution < -0.4 is 5.32 Å². The predicted octanol–water partition coefficient (Wildman–Crippen LogP) is 2.55. The number of carboxylic acid groups (broad SMARTS) is 1. The van der Waals surface area contributed by atoms with Crippen LogP contribution in [-0.4, -0.2) is 60.9 Å². The van der Waals surface area contributed by atoms with Crippen LogP contribution in [-0.2, 0) is 4.79 Å². The standard InChI is InChI=1S/C21H24N6O2/c28-19(29)12-26(11-14-6-7-14)17-8-15(9-17)25-20-18-10-24-27(21(18)23-13-22-20)16-4-2-1-3-5-16/h1-5,10,13-15,17H,6-9,11-12H2,(H,28,29)(H,22,23,25). The van der Waals surface area contributed by atoms with E-state index in [0.717, 1.165) is 41.9 Å². The Balaban J connectivity index is 1.28. The van der Waals surface area contributed by atoms with Crippen molar-refractivity contribution in [2.45, 2.75) is 37.8 Å². The Morgan fingerprint density at radius 1 is 1.21 bits per heavy atom. The van der Waals surface area contributed by atoms with E-state index in [1.807, 2.05) is 35.0 Å². The third kappa shape index (κ3) is 3.80. The minimum absolute atomic E-state index is 0.134. The Labute approximate surface area is 168 Å². The van der Waals surface area contributed by atoms with E-state index < -0.39 is 5.97 Å². The summed E-state index contributed by atoms with van der Waals surface area (Å²) in [5.74, 6) is 0.729. The molecule has 2 N–H and O–H groups in total. The number of carboxylic acids is 1. The fraction of sp³-hybridized carbons (Fsp3) is 0.429. The van der Waals surface area contributed by atoms with Crippen LogP contribution in [0.15, 0.2) is 42.9 Å². The first-order valence-electron chi connectivity index (χ1n) is 10.1. The van der Waals surface area contributed by atoms with Crippen molar-refractivity contribution in [3.63, 3.8) is 0 Å². The first-order valence-corrected chi connectivity index (χ1v) is 10.1. The zero-order valence-corrected chi connectivity index (χ0v) is 16.1. The molecule has 8 heteroatoms. The maximum Gasteiger partial charge on any atom is 0.317 e. The molecule has 1 aromatic carbocycles. The lowest BCUT2D eigenvalue weighted by Crippen LogP contribution is -2.52. The number of hydrogen-bond acceptors (Lipinski definition) is 6. The zero-order chi connectivity index (χ0) is 19.8. The number of anilines is 1. The zero-order valence-electron chi connectivity index (χ0n) is 16.1. The maximum absolute atomic E-state index is 11.2. The van der Waals surface area contributed by atoms with Gasteiger partial charge in [0.1, 0.15) is 12.1 Å². The SMILES string of the molecule is O=C(O)CN(CC1CC1)C1CC(Nc2ncnc3c2cnn3-c2ccccc2)C1. The normalized spacial score (nSPS) is 21.3. The average molecular weight is 392 g/mol. The van der Waals surface area contributed by atoms with Crippen molar-refractivity contribution >= 4 is 22.8 Å². The van der Waals surface area contributed by atoms with Crippen molar-refractivity contribution in [3.05, 3.63) is 42.9 Å². The van der Waals surface area contributed by atoms with Crippen LogP contribution in [0, 0.1) is 5.92 Å². The second-order valence-electron chi connectivity index (χ2n) is 8.08. The van der Waals surface area contributed by atoms with E-state index in [1.165, 1.54) is 12.8 Å². The van der Waals surface area contributed by atoms with Crippen molar-refractivity contribution in [3.8, 4) is 5.69 Å². The predicted molar refractivity (Wildman–Crippen MR) is 109 cm³/mol. The summed E-state index contributed by atoms with van der Waals surface area (Å²) < 4.78 is 1.82. The van der Waals surface area contributed by atoms with Crippen LogP contribution in [0.4, 0.5) is 5.82 Å². The lowest BCUT2D eigenvalue weighted by molar-refractivity contribution is -0.139. The number of nitrogens with zero attached hydrogens (tertiary/aromatic N) is 5. The van der Waals surface area contributed by atoms with E-state index in [4.69, 9.17) is 0 Å². The Morgan fingerprint density at radius 2 is 2.00 bits per heavy atom. The summed E-state index contributed by atoms with van der Waals surface area (Å²) in [5.41, 5.74) is 1.73. The molecule has 150 valence electrons. The fourth-order valence-corrected chi connectivity index (χ4v) is 4.06. The number of aromatic nitrogens is 4. The molecular formula is C21H24N6O2. The van der Waals surface area contributed by atoms with Crippen molar-refractivity contribution in [1.82, 2.24) is 24.6 Å². The first-order chi connectivity index (χ1) is 14.2. The van der Waals surface area contributed by atoms with Gasteiger partial charge in [-0.25, -0.2) is 14.6 Å². The lowest BCUT2D eigenvalue weighted by Gasteiger charge is -2.43. The number of rotatable bonds is 8.